The lowest BCUT2D eigenvalue weighted by Crippen LogP contribution is -2.40. The van der Waals surface area contributed by atoms with Crippen molar-refractivity contribution in [1.29, 1.82) is 0 Å². The highest BCUT2D eigenvalue weighted by Crippen LogP contribution is 2.21. The fraction of sp³-hybridized carbons (Fsp3) is 0.562. The first-order valence-electron chi connectivity index (χ1n) is 7.33. The standard InChI is InChI=1S/C16H22FNO3/c1-11-13(4-3-9-21-11)16(19)18-8-7-12-5-6-15(20-2)14(17)10-12/h5-6,10-11,13H,3-4,7-9H2,1-2H3,(H,18,19). The molecule has 1 aliphatic rings. The van der Waals surface area contributed by atoms with Crippen molar-refractivity contribution in [2.45, 2.75) is 32.3 Å². The number of carbonyl (C=O) groups excluding carboxylic acids is 1. The second-order valence-electron chi connectivity index (χ2n) is 5.33. The van der Waals surface area contributed by atoms with E-state index >= 15 is 0 Å². The average molecular weight is 295 g/mol. The van der Waals surface area contributed by atoms with Crippen LogP contribution >= 0.6 is 0 Å². The molecule has 1 aromatic rings. The summed E-state index contributed by atoms with van der Waals surface area (Å²) in [5.74, 6) is -0.200. The highest BCUT2D eigenvalue weighted by Gasteiger charge is 2.28. The molecular weight excluding hydrogens is 273 g/mol. The molecule has 116 valence electrons. The molecule has 0 saturated carbocycles. The van der Waals surface area contributed by atoms with Crippen LogP contribution in [-0.2, 0) is 16.0 Å². The monoisotopic (exact) mass is 295 g/mol. The van der Waals surface area contributed by atoms with E-state index in [9.17, 15) is 9.18 Å². The lowest BCUT2D eigenvalue weighted by Gasteiger charge is -2.28. The van der Waals surface area contributed by atoms with E-state index in [0.717, 1.165) is 25.0 Å². The summed E-state index contributed by atoms with van der Waals surface area (Å²) in [5, 5.41) is 2.91. The largest absolute Gasteiger partial charge is 0.494 e. The van der Waals surface area contributed by atoms with Crippen molar-refractivity contribution in [3.05, 3.63) is 29.6 Å². The molecule has 1 aliphatic heterocycles. The Morgan fingerprint density at radius 2 is 2.33 bits per heavy atom. The van der Waals surface area contributed by atoms with Crippen LogP contribution in [0.4, 0.5) is 4.39 Å². The molecule has 1 amide bonds. The minimum Gasteiger partial charge on any atom is -0.494 e. The zero-order valence-electron chi connectivity index (χ0n) is 12.5. The second-order valence-corrected chi connectivity index (χ2v) is 5.33. The van der Waals surface area contributed by atoms with Crippen LogP contribution in [0.25, 0.3) is 0 Å². The summed E-state index contributed by atoms with van der Waals surface area (Å²) in [5.41, 5.74) is 0.835. The van der Waals surface area contributed by atoms with Crippen molar-refractivity contribution in [3.63, 3.8) is 0 Å². The van der Waals surface area contributed by atoms with E-state index in [-0.39, 0.29) is 29.5 Å². The smallest absolute Gasteiger partial charge is 0.225 e. The third-order valence-corrected chi connectivity index (χ3v) is 3.87. The van der Waals surface area contributed by atoms with Gasteiger partial charge in [-0.15, -0.1) is 0 Å². The topological polar surface area (TPSA) is 47.6 Å². The van der Waals surface area contributed by atoms with E-state index in [1.807, 2.05) is 6.92 Å². The van der Waals surface area contributed by atoms with Gasteiger partial charge in [0.1, 0.15) is 0 Å². The van der Waals surface area contributed by atoms with E-state index in [0.29, 0.717) is 13.0 Å². The molecule has 1 heterocycles. The van der Waals surface area contributed by atoms with E-state index in [1.54, 1.807) is 12.1 Å². The predicted octanol–water partition coefficient (Wildman–Crippen LogP) is 2.31. The van der Waals surface area contributed by atoms with Crippen molar-refractivity contribution in [2.24, 2.45) is 5.92 Å². The van der Waals surface area contributed by atoms with Gasteiger partial charge in [-0.3, -0.25) is 4.79 Å². The van der Waals surface area contributed by atoms with Gasteiger partial charge in [-0.2, -0.15) is 0 Å². The summed E-state index contributed by atoms with van der Waals surface area (Å²) in [4.78, 5) is 12.1. The number of nitrogens with one attached hydrogen (secondary N) is 1. The molecule has 0 radical (unpaired) electrons. The lowest BCUT2D eigenvalue weighted by molar-refractivity contribution is -0.133. The number of rotatable bonds is 5. The highest BCUT2D eigenvalue weighted by molar-refractivity contribution is 5.79. The van der Waals surface area contributed by atoms with Crippen molar-refractivity contribution in [3.8, 4) is 5.75 Å². The first kappa shape index (κ1) is 15.8. The molecule has 0 aliphatic carbocycles. The number of hydrogen-bond acceptors (Lipinski definition) is 3. The van der Waals surface area contributed by atoms with Crippen molar-refractivity contribution in [2.75, 3.05) is 20.3 Å². The Kier molecular flexibility index (Phi) is 5.56. The maximum atomic E-state index is 13.5. The Hall–Kier alpha value is -1.62. The Morgan fingerprint density at radius 1 is 1.52 bits per heavy atom. The summed E-state index contributed by atoms with van der Waals surface area (Å²) < 4.78 is 23.9. The van der Waals surface area contributed by atoms with Gasteiger partial charge in [0.05, 0.1) is 19.1 Å². The third kappa shape index (κ3) is 4.17. The van der Waals surface area contributed by atoms with Crippen molar-refractivity contribution < 1.29 is 18.7 Å². The van der Waals surface area contributed by atoms with E-state index < -0.39 is 0 Å². The van der Waals surface area contributed by atoms with Crippen LogP contribution in [0.15, 0.2) is 18.2 Å². The molecule has 5 heteroatoms. The Labute approximate surface area is 124 Å². The van der Waals surface area contributed by atoms with E-state index in [4.69, 9.17) is 9.47 Å². The van der Waals surface area contributed by atoms with Gasteiger partial charge < -0.3 is 14.8 Å². The maximum Gasteiger partial charge on any atom is 0.225 e. The molecule has 0 bridgehead atoms. The molecule has 2 atom stereocenters. The van der Waals surface area contributed by atoms with Crippen LogP contribution in [0.1, 0.15) is 25.3 Å². The number of benzene rings is 1. The van der Waals surface area contributed by atoms with Gasteiger partial charge in [0.15, 0.2) is 11.6 Å². The van der Waals surface area contributed by atoms with Crippen molar-refractivity contribution in [1.82, 2.24) is 5.32 Å². The first-order valence-corrected chi connectivity index (χ1v) is 7.33. The van der Waals surface area contributed by atoms with Crippen LogP contribution < -0.4 is 10.1 Å². The zero-order valence-corrected chi connectivity index (χ0v) is 12.5. The van der Waals surface area contributed by atoms with Gasteiger partial charge in [-0.05, 0) is 43.9 Å². The fourth-order valence-electron chi connectivity index (χ4n) is 2.59. The number of ether oxygens (including phenoxy) is 2. The Morgan fingerprint density at radius 3 is 3.00 bits per heavy atom. The van der Waals surface area contributed by atoms with Gasteiger partial charge in [-0.1, -0.05) is 6.07 Å². The molecule has 1 fully saturated rings. The van der Waals surface area contributed by atoms with Crippen LogP contribution in [0.2, 0.25) is 0 Å². The maximum absolute atomic E-state index is 13.5. The minimum atomic E-state index is -0.379. The molecule has 2 rings (SSSR count). The molecule has 1 N–H and O–H groups in total. The minimum absolute atomic E-state index is 0.0242. The predicted molar refractivity (Wildman–Crippen MR) is 77.8 cm³/mol. The summed E-state index contributed by atoms with van der Waals surface area (Å²) >= 11 is 0. The van der Waals surface area contributed by atoms with Crippen LogP contribution in [0, 0.1) is 11.7 Å². The van der Waals surface area contributed by atoms with Gasteiger partial charge >= 0.3 is 0 Å². The number of carbonyl (C=O) groups is 1. The number of halogens is 1. The molecule has 4 nitrogen and oxygen atoms in total. The number of hydrogen-bond donors (Lipinski definition) is 1. The van der Waals surface area contributed by atoms with E-state index in [1.165, 1.54) is 13.2 Å². The fourth-order valence-corrected chi connectivity index (χ4v) is 2.59. The van der Waals surface area contributed by atoms with Crippen LogP contribution in [0.5, 0.6) is 5.75 Å². The van der Waals surface area contributed by atoms with Crippen LogP contribution in [-0.4, -0.2) is 32.3 Å². The average Bonchev–Trinajstić information content (AvgIpc) is 2.48. The Bertz CT molecular complexity index is 492. The summed E-state index contributed by atoms with van der Waals surface area (Å²) in [6.07, 6.45) is 2.35. The number of methoxy groups -OCH3 is 1. The first-order chi connectivity index (χ1) is 10.1. The van der Waals surface area contributed by atoms with E-state index in [2.05, 4.69) is 5.32 Å². The zero-order chi connectivity index (χ0) is 15.2. The SMILES string of the molecule is COc1ccc(CCNC(=O)C2CCCOC2C)cc1F. The molecule has 0 spiro atoms. The summed E-state index contributed by atoms with van der Waals surface area (Å²) in [6, 6.07) is 4.85. The molecule has 2 unspecified atom stereocenters. The van der Waals surface area contributed by atoms with Gasteiger partial charge in [0, 0.05) is 13.2 Å². The third-order valence-electron chi connectivity index (χ3n) is 3.87. The molecular formula is C16H22FNO3. The molecule has 1 saturated heterocycles. The van der Waals surface area contributed by atoms with Gasteiger partial charge in [0.25, 0.3) is 0 Å². The highest BCUT2D eigenvalue weighted by atomic mass is 19.1. The van der Waals surface area contributed by atoms with Crippen molar-refractivity contribution >= 4 is 5.91 Å². The quantitative estimate of drug-likeness (QED) is 0.907. The molecule has 0 aromatic heterocycles. The summed E-state index contributed by atoms with van der Waals surface area (Å²) in [6.45, 7) is 3.16. The normalized spacial score (nSPS) is 21.9. The second kappa shape index (κ2) is 7.41. The van der Waals surface area contributed by atoms with Gasteiger partial charge in [0.2, 0.25) is 5.91 Å². The van der Waals surface area contributed by atoms with Crippen LogP contribution in [0.3, 0.4) is 0 Å². The van der Waals surface area contributed by atoms with Gasteiger partial charge in [-0.25, -0.2) is 4.39 Å². The molecule has 21 heavy (non-hydrogen) atoms. The summed E-state index contributed by atoms with van der Waals surface area (Å²) in [7, 11) is 1.44. The lowest BCUT2D eigenvalue weighted by atomic mass is 9.94. The Balaban J connectivity index is 1.81. The molecule has 1 aromatic carbocycles. The number of amides is 1.